The quantitative estimate of drug-likeness (QED) is 0.566. The molecule has 0 atom stereocenters. The van der Waals surface area contributed by atoms with Crippen molar-refractivity contribution >= 4 is 22.9 Å². The molecule has 0 bridgehead atoms. The number of aromatic nitrogens is 4. The first-order valence-electron chi connectivity index (χ1n) is 12.4. The van der Waals surface area contributed by atoms with Gasteiger partial charge in [0.2, 0.25) is 5.95 Å². The number of amides is 1. The summed E-state index contributed by atoms with van der Waals surface area (Å²) < 4.78 is 13.1. The summed E-state index contributed by atoms with van der Waals surface area (Å²) in [5.41, 5.74) is 0.858. The Morgan fingerprint density at radius 1 is 1.08 bits per heavy atom. The first-order chi connectivity index (χ1) is 17.1. The molecule has 1 saturated heterocycles. The third-order valence-corrected chi connectivity index (χ3v) is 5.80. The number of hydrogen-bond acceptors (Lipinski definition) is 8. The van der Waals surface area contributed by atoms with Gasteiger partial charge in [0.05, 0.1) is 40.3 Å². The Balaban J connectivity index is 1.64. The summed E-state index contributed by atoms with van der Waals surface area (Å²) in [7, 11) is 1.73. The Hall–Kier alpha value is -3.53. The van der Waals surface area contributed by atoms with E-state index in [9.17, 15) is 9.59 Å². The number of ether oxygens (including phenoxy) is 2. The van der Waals surface area contributed by atoms with Gasteiger partial charge in [-0.1, -0.05) is 0 Å². The lowest BCUT2D eigenvalue weighted by Gasteiger charge is -2.47. The normalized spacial score (nSPS) is 17.0. The number of nitrogens with zero attached hydrogens (tertiary/aromatic N) is 5. The van der Waals surface area contributed by atoms with Gasteiger partial charge in [0.1, 0.15) is 5.60 Å². The lowest BCUT2D eigenvalue weighted by atomic mass is 9.99. The fourth-order valence-corrected chi connectivity index (χ4v) is 4.64. The third-order valence-electron chi connectivity index (χ3n) is 5.80. The van der Waals surface area contributed by atoms with Crippen molar-refractivity contribution in [3.05, 3.63) is 46.5 Å². The van der Waals surface area contributed by atoms with Crippen molar-refractivity contribution in [2.45, 2.75) is 71.8 Å². The average molecular weight is 509 g/mol. The smallest absolute Gasteiger partial charge is 0.407 e. The van der Waals surface area contributed by atoms with Gasteiger partial charge in [-0.15, -0.1) is 0 Å². The number of nitrogens with one attached hydrogen (secondary N) is 1. The largest absolute Gasteiger partial charge is 0.444 e. The minimum atomic E-state index is -0.581. The molecule has 0 aliphatic carbocycles. The molecule has 0 unspecified atom stereocenters. The maximum Gasteiger partial charge on any atom is 0.407 e. The number of fused-ring (bicyclic) bond motifs is 1. The van der Waals surface area contributed by atoms with Gasteiger partial charge in [0.15, 0.2) is 0 Å². The lowest BCUT2D eigenvalue weighted by molar-refractivity contribution is -0.133. The maximum absolute atomic E-state index is 12.9. The van der Waals surface area contributed by atoms with Crippen LogP contribution in [-0.4, -0.2) is 55.5 Å². The van der Waals surface area contributed by atoms with E-state index in [0.717, 1.165) is 5.39 Å². The van der Waals surface area contributed by atoms with Crippen LogP contribution in [0, 0.1) is 0 Å². The first kappa shape index (κ1) is 26.5. The molecule has 10 nitrogen and oxygen atoms in total. The molecule has 1 aliphatic rings. The van der Waals surface area contributed by atoms with Crippen molar-refractivity contribution in [1.29, 1.82) is 0 Å². The number of carbonyl (C=O) groups excluding carboxylic acids is 1. The summed E-state index contributed by atoms with van der Waals surface area (Å²) in [6.07, 6.45) is 1.20. The molecule has 3 aromatic rings. The molecule has 198 valence electrons. The average Bonchev–Trinajstić information content (AvgIpc) is 2.75. The van der Waals surface area contributed by atoms with Crippen LogP contribution in [0.2, 0.25) is 0 Å². The molecule has 1 amide bonds. The van der Waals surface area contributed by atoms with Crippen LogP contribution in [-0.2, 0) is 23.1 Å². The number of rotatable bonds is 4. The molecule has 10 heteroatoms. The molecule has 0 saturated carbocycles. The molecule has 37 heavy (non-hydrogen) atoms. The fraction of sp³-hybridized carbons (Fsp3) is 0.519. The van der Waals surface area contributed by atoms with Crippen molar-refractivity contribution < 1.29 is 14.3 Å². The summed E-state index contributed by atoms with van der Waals surface area (Å²) in [6, 6.07) is 7.04. The highest BCUT2D eigenvalue weighted by molar-refractivity contribution is 5.80. The third kappa shape index (κ3) is 6.43. The highest BCUT2D eigenvalue weighted by Gasteiger charge is 2.39. The van der Waals surface area contributed by atoms with Crippen LogP contribution >= 0.6 is 0 Å². The Labute approximate surface area is 217 Å². The SMILES string of the molecule is Cn1c(N2CC(C)(C)OC(C)(C)C2)nc(-c2ccc3cnc(CNC(=O)OC(C)(C)C)cc3n2)cc1=O. The van der Waals surface area contributed by atoms with E-state index < -0.39 is 22.9 Å². The van der Waals surface area contributed by atoms with E-state index in [1.165, 1.54) is 6.07 Å². The van der Waals surface area contributed by atoms with Gasteiger partial charge in [0, 0.05) is 37.8 Å². The van der Waals surface area contributed by atoms with E-state index in [1.807, 2.05) is 66.7 Å². The minimum absolute atomic E-state index is 0.166. The second-order valence-electron chi connectivity index (χ2n) is 11.7. The van der Waals surface area contributed by atoms with Crippen LogP contribution in [0.15, 0.2) is 35.3 Å². The molecule has 1 N–H and O–H groups in total. The molecule has 0 spiro atoms. The molecular formula is C27H36N6O4. The van der Waals surface area contributed by atoms with Crippen LogP contribution in [0.4, 0.5) is 10.7 Å². The number of anilines is 1. The van der Waals surface area contributed by atoms with E-state index in [2.05, 4.69) is 15.2 Å². The van der Waals surface area contributed by atoms with Gasteiger partial charge in [-0.25, -0.2) is 14.8 Å². The van der Waals surface area contributed by atoms with Gasteiger partial charge in [-0.05, 0) is 66.7 Å². The maximum atomic E-state index is 12.9. The fourth-order valence-electron chi connectivity index (χ4n) is 4.64. The van der Waals surface area contributed by atoms with Gasteiger partial charge in [-0.2, -0.15) is 0 Å². The van der Waals surface area contributed by atoms with Crippen LogP contribution in [0.25, 0.3) is 22.3 Å². The molecule has 4 heterocycles. The number of pyridine rings is 2. The Kier molecular flexibility index (Phi) is 6.74. The minimum Gasteiger partial charge on any atom is -0.444 e. The van der Waals surface area contributed by atoms with Crippen LogP contribution in [0.3, 0.4) is 0 Å². The molecule has 1 fully saturated rings. The van der Waals surface area contributed by atoms with Crippen molar-refractivity contribution in [3.63, 3.8) is 0 Å². The Morgan fingerprint density at radius 2 is 1.76 bits per heavy atom. The van der Waals surface area contributed by atoms with Crippen molar-refractivity contribution in [2.75, 3.05) is 18.0 Å². The molecule has 0 aromatic carbocycles. The van der Waals surface area contributed by atoms with Crippen LogP contribution in [0.5, 0.6) is 0 Å². The second kappa shape index (κ2) is 9.41. The van der Waals surface area contributed by atoms with E-state index in [4.69, 9.17) is 19.4 Å². The topological polar surface area (TPSA) is 111 Å². The summed E-state index contributed by atoms with van der Waals surface area (Å²) in [4.78, 5) is 41.1. The zero-order valence-electron chi connectivity index (χ0n) is 22.9. The Bertz CT molecular complexity index is 1370. The van der Waals surface area contributed by atoms with Crippen molar-refractivity contribution in [2.24, 2.45) is 7.05 Å². The van der Waals surface area contributed by atoms with E-state index in [1.54, 1.807) is 17.8 Å². The molecule has 1 aliphatic heterocycles. The van der Waals surface area contributed by atoms with Crippen molar-refractivity contribution in [1.82, 2.24) is 24.8 Å². The van der Waals surface area contributed by atoms with Gasteiger partial charge in [-0.3, -0.25) is 14.3 Å². The number of hydrogen-bond donors (Lipinski definition) is 1. The number of morpholine rings is 1. The number of carbonyl (C=O) groups is 1. The molecule has 3 aromatic heterocycles. The molecule has 0 radical (unpaired) electrons. The molecular weight excluding hydrogens is 472 g/mol. The van der Waals surface area contributed by atoms with E-state index >= 15 is 0 Å². The second-order valence-corrected chi connectivity index (χ2v) is 11.7. The van der Waals surface area contributed by atoms with Gasteiger partial charge in [0.25, 0.3) is 5.56 Å². The number of alkyl carbamates (subject to hydrolysis) is 1. The predicted octanol–water partition coefficient (Wildman–Crippen LogP) is 3.81. The monoisotopic (exact) mass is 508 g/mol. The zero-order chi connectivity index (χ0) is 27.2. The highest BCUT2D eigenvalue weighted by atomic mass is 16.6. The standard InChI is InChI=1S/C27H36N6O4/c1-25(2,3)36-24(35)29-14-18-11-20-17(13-28-18)9-10-19(30-20)21-12-22(34)32(8)23(31-21)33-15-26(4,5)37-27(6,7)16-33/h9-13H,14-16H2,1-8H3,(H,29,35). The first-order valence-corrected chi connectivity index (χ1v) is 12.4. The summed E-state index contributed by atoms with van der Waals surface area (Å²) in [5, 5.41) is 3.55. The summed E-state index contributed by atoms with van der Waals surface area (Å²) in [5.74, 6) is 0.575. The summed E-state index contributed by atoms with van der Waals surface area (Å²) in [6.45, 7) is 15.0. The van der Waals surface area contributed by atoms with E-state index in [0.29, 0.717) is 41.6 Å². The molecule has 4 rings (SSSR count). The van der Waals surface area contributed by atoms with Crippen LogP contribution < -0.4 is 15.8 Å². The van der Waals surface area contributed by atoms with Crippen molar-refractivity contribution in [3.8, 4) is 11.4 Å². The van der Waals surface area contributed by atoms with E-state index in [-0.39, 0.29) is 12.1 Å². The zero-order valence-corrected chi connectivity index (χ0v) is 22.9. The lowest BCUT2D eigenvalue weighted by Crippen LogP contribution is -2.58. The Morgan fingerprint density at radius 3 is 2.41 bits per heavy atom. The van der Waals surface area contributed by atoms with Gasteiger partial charge >= 0.3 is 6.09 Å². The van der Waals surface area contributed by atoms with Gasteiger partial charge < -0.3 is 19.7 Å². The highest BCUT2D eigenvalue weighted by Crippen LogP contribution is 2.31. The summed E-state index contributed by atoms with van der Waals surface area (Å²) >= 11 is 0. The predicted molar refractivity (Wildman–Crippen MR) is 143 cm³/mol. The van der Waals surface area contributed by atoms with Crippen LogP contribution in [0.1, 0.15) is 54.2 Å².